The molecule has 27 heavy (non-hydrogen) atoms. The van der Waals surface area contributed by atoms with Gasteiger partial charge < -0.3 is 20.5 Å². The summed E-state index contributed by atoms with van der Waals surface area (Å²) in [5, 5.41) is 3.69. The van der Waals surface area contributed by atoms with E-state index in [0.29, 0.717) is 10.8 Å². The van der Waals surface area contributed by atoms with Crippen LogP contribution in [0.3, 0.4) is 0 Å². The number of hydrogen-bond acceptors (Lipinski definition) is 5. The van der Waals surface area contributed by atoms with Gasteiger partial charge in [-0.3, -0.25) is 14.0 Å². The van der Waals surface area contributed by atoms with Crippen molar-refractivity contribution in [2.45, 2.75) is 18.6 Å². The van der Waals surface area contributed by atoms with Gasteiger partial charge in [0.05, 0.1) is 25.4 Å². The van der Waals surface area contributed by atoms with Crippen molar-refractivity contribution in [1.29, 1.82) is 0 Å². The molecule has 3 rings (SSSR count). The van der Waals surface area contributed by atoms with Crippen molar-refractivity contribution in [2.24, 2.45) is 11.7 Å². The van der Waals surface area contributed by atoms with Gasteiger partial charge in [0.1, 0.15) is 12.4 Å². The number of carbonyl (C=O) groups excluding carboxylic acids is 2. The Morgan fingerprint density at radius 3 is 2.85 bits per heavy atom. The number of alkyl halides is 2. The summed E-state index contributed by atoms with van der Waals surface area (Å²) in [6.45, 7) is -0.793. The minimum absolute atomic E-state index is 0.0666. The summed E-state index contributed by atoms with van der Waals surface area (Å²) in [6.07, 6.45) is -0.348. The number of nitrogens with zero attached hydrogens (tertiary/aromatic N) is 1. The molecule has 0 saturated carbocycles. The molecule has 1 saturated heterocycles. The number of amides is 2. The van der Waals surface area contributed by atoms with Gasteiger partial charge in [-0.15, -0.1) is 0 Å². The van der Waals surface area contributed by atoms with Crippen molar-refractivity contribution in [3.63, 3.8) is 0 Å². The van der Waals surface area contributed by atoms with Crippen LogP contribution in [0.4, 0.5) is 8.78 Å². The number of hydrogen-bond donors (Lipinski definition) is 2. The molecule has 1 fully saturated rings. The third-order valence-corrected chi connectivity index (χ3v) is 4.63. The summed E-state index contributed by atoms with van der Waals surface area (Å²) in [6, 6.07) is 4.15. The van der Waals surface area contributed by atoms with E-state index < -0.39 is 36.6 Å². The van der Waals surface area contributed by atoms with E-state index in [1.54, 1.807) is 18.2 Å². The fourth-order valence-electron chi connectivity index (χ4n) is 3.23. The quantitative estimate of drug-likeness (QED) is 0.759. The number of halogens is 2. The van der Waals surface area contributed by atoms with Crippen molar-refractivity contribution < 1.29 is 27.8 Å². The van der Waals surface area contributed by atoms with Gasteiger partial charge in [-0.05, 0) is 30.0 Å². The minimum atomic E-state index is -1.76. The summed E-state index contributed by atoms with van der Waals surface area (Å²) in [7, 11) is 1.40. The van der Waals surface area contributed by atoms with E-state index in [1.807, 2.05) is 0 Å². The maximum atomic E-state index is 13.9. The largest absolute Gasteiger partial charge is 0.496 e. The highest BCUT2D eigenvalue weighted by atomic mass is 19.1. The number of benzene rings is 1. The SMILES string of the molecule is COc1cc2c(OCC3NC(=O)C(F)C3CCF)nccc2cc1C(N)=O. The Kier molecular flexibility index (Phi) is 5.38. The standard InChI is InChI=1S/C18H19F2N3O4/c1-26-14-7-11-9(6-12(14)16(21)24)3-5-22-18(11)27-8-13-10(2-4-19)15(20)17(25)23-13/h3,5-7,10,13,15H,2,4,8H2,1H3,(H2,21,24)(H,23,25). The van der Waals surface area contributed by atoms with Gasteiger partial charge in [0.15, 0.2) is 6.17 Å². The molecule has 2 aromatic rings. The van der Waals surface area contributed by atoms with E-state index in [1.165, 1.54) is 13.3 Å². The van der Waals surface area contributed by atoms with Crippen molar-refractivity contribution >= 4 is 22.6 Å². The Hall–Kier alpha value is -2.97. The second kappa shape index (κ2) is 7.73. The predicted molar refractivity (Wildman–Crippen MR) is 93.2 cm³/mol. The zero-order chi connectivity index (χ0) is 19.6. The third kappa shape index (κ3) is 3.62. The first-order chi connectivity index (χ1) is 13.0. The van der Waals surface area contributed by atoms with E-state index in [4.69, 9.17) is 15.2 Å². The van der Waals surface area contributed by atoms with Crippen molar-refractivity contribution in [3.05, 3.63) is 30.0 Å². The number of ether oxygens (including phenoxy) is 2. The molecule has 7 nitrogen and oxygen atoms in total. The van der Waals surface area contributed by atoms with Crippen LogP contribution in [0.25, 0.3) is 10.8 Å². The Balaban J connectivity index is 1.87. The molecule has 3 N–H and O–H groups in total. The summed E-state index contributed by atoms with van der Waals surface area (Å²) in [5.74, 6) is -1.71. The topological polar surface area (TPSA) is 104 Å². The average molecular weight is 379 g/mol. The molecule has 3 unspecified atom stereocenters. The van der Waals surface area contributed by atoms with Gasteiger partial charge in [-0.25, -0.2) is 9.37 Å². The van der Waals surface area contributed by atoms with Crippen LogP contribution in [-0.4, -0.2) is 49.4 Å². The van der Waals surface area contributed by atoms with E-state index in [-0.39, 0.29) is 30.2 Å². The molecule has 1 aliphatic rings. The van der Waals surface area contributed by atoms with Gasteiger partial charge in [0, 0.05) is 17.5 Å². The van der Waals surface area contributed by atoms with Crippen LogP contribution in [0.2, 0.25) is 0 Å². The smallest absolute Gasteiger partial charge is 0.255 e. The Bertz CT molecular complexity index is 877. The Morgan fingerprint density at radius 1 is 1.41 bits per heavy atom. The molecular weight excluding hydrogens is 360 g/mol. The molecule has 1 aromatic carbocycles. The summed E-state index contributed by atoms with van der Waals surface area (Å²) < 4.78 is 37.5. The zero-order valence-electron chi connectivity index (χ0n) is 14.6. The fourth-order valence-corrected chi connectivity index (χ4v) is 3.23. The number of carbonyl (C=O) groups is 2. The summed E-state index contributed by atoms with van der Waals surface area (Å²) in [5.41, 5.74) is 5.57. The third-order valence-electron chi connectivity index (χ3n) is 4.63. The lowest BCUT2D eigenvalue weighted by atomic mass is 9.96. The highest BCUT2D eigenvalue weighted by molar-refractivity contribution is 6.01. The molecule has 144 valence electrons. The molecule has 0 aliphatic carbocycles. The molecule has 2 heterocycles. The van der Waals surface area contributed by atoms with Gasteiger partial charge in [-0.2, -0.15) is 0 Å². The highest BCUT2D eigenvalue weighted by Gasteiger charge is 2.42. The predicted octanol–water partition coefficient (Wildman–Crippen LogP) is 1.53. The minimum Gasteiger partial charge on any atom is -0.496 e. The Labute approximate surface area is 153 Å². The maximum Gasteiger partial charge on any atom is 0.255 e. The average Bonchev–Trinajstić information content (AvgIpc) is 2.93. The van der Waals surface area contributed by atoms with E-state index in [0.717, 1.165) is 0 Å². The molecule has 3 atom stereocenters. The van der Waals surface area contributed by atoms with Crippen LogP contribution in [-0.2, 0) is 4.79 Å². The van der Waals surface area contributed by atoms with Crippen molar-refractivity contribution in [1.82, 2.24) is 10.3 Å². The second-order valence-corrected chi connectivity index (χ2v) is 6.22. The van der Waals surface area contributed by atoms with E-state index >= 15 is 0 Å². The number of nitrogens with one attached hydrogen (secondary N) is 1. The molecular formula is C18H19F2N3O4. The van der Waals surface area contributed by atoms with Crippen molar-refractivity contribution in [3.8, 4) is 11.6 Å². The first-order valence-corrected chi connectivity index (χ1v) is 8.36. The number of fused-ring (bicyclic) bond motifs is 1. The fraction of sp³-hybridized carbons (Fsp3) is 0.389. The number of methoxy groups -OCH3 is 1. The number of primary amides is 1. The van der Waals surface area contributed by atoms with Gasteiger partial charge in [-0.1, -0.05) is 0 Å². The van der Waals surface area contributed by atoms with Crippen LogP contribution < -0.4 is 20.5 Å². The van der Waals surface area contributed by atoms with E-state index in [9.17, 15) is 18.4 Å². The number of rotatable bonds is 7. The molecule has 0 radical (unpaired) electrons. The van der Waals surface area contributed by atoms with Gasteiger partial charge in [0.2, 0.25) is 5.88 Å². The van der Waals surface area contributed by atoms with Crippen LogP contribution in [0, 0.1) is 5.92 Å². The van der Waals surface area contributed by atoms with Crippen LogP contribution in [0.15, 0.2) is 24.4 Å². The monoisotopic (exact) mass is 379 g/mol. The number of aromatic nitrogens is 1. The molecule has 9 heteroatoms. The molecule has 1 aliphatic heterocycles. The first-order valence-electron chi connectivity index (χ1n) is 8.36. The lowest BCUT2D eigenvalue weighted by molar-refractivity contribution is -0.124. The Morgan fingerprint density at radius 2 is 2.19 bits per heavy atom. The lowest BCUT2D eigenvalue weighted by Crippen LogP contribution is -2.35. The molecule has 0 bridgehead atoms. The van der Waals surface area contributed by atoms with Gasteiger partial charge >= 0.3 is 0 Å². The van der Waals surface area contributed by atoms with Crippen molar-refractivity contribution in [2.75, 3.05) is 20.4 Å². The highest BCUT2D eigenvalue weighted by Crippen LogP contribution is 2.31. The summed E-state index contributed by atoms with van der Waals surface area (Å²) >= 11 is 0. The maximum absolute atomic E-state index is 13.9. The van der Waals surface area contributed by atoms with Gasteiger partial charge in [0.25, 0.3) is 11.8 Å². The van der Waals surface area contributed by atoms with Crippen LogP contribution >= 0.6 is 0 Å². The number of nitrogens with two attached hydrogens (primary N) is 1. The number of pyridine rings is 1. The molecule has 2 amide bonds. The zero-order valence-corrected chi connectivity index (χ0v) is 14.6. The normalized spacial score (nSPS) is 21.9. The molecule has 1 aromatic heterocycles. The second-order valence-electron chi connectivity index (χ2n) is 6.22. The van der Waals surface area contributed by atoms with Crippen LogP contribution in [0.1, 0.15) is 16.8 Å². The lowest BCUT2D eigenvalue weighted by Gasteiger charge is -2.19. The summed E-state index contributed by atoms with van der Waals surface area (Å²) in [4.78, 5) is 27.2. The van der Waals surface area contributed by atoms with Crippen LogP contribution in [0.5, 0.6) is 11.6 Å². The first kappa shape index (κ1) is 18.8. The van der Waals surface area contributed by atoms with E-state index in [2.05, 4.69) is 10.3 Å². The molecule has 0 spiro atoms.